The topological polar surface area (TPSA) is 292 Å². The second-order valence-corrected chi connectivity index (χ2v) is 27.9. The minimum absolute atomic E-state index is 0.00392. The van der Waals surface area contributed by atoms with Gasteiger partial charge in [0, 0.05) is 163 Å². The van der Waals surface area contributed by atoms with Crippen molar-refractivity contribution in [2.24, 2.45) is 7.05 Å². The smallest absolute Gasteiger partial charge is 0.325 e. The van der Waals surface area contributed by atoms with Crippen LogP contribution in [0, 0.1) is 5.82 Å². The van der Waals surface area contributed by atoms with Gasteiger partial charge in [-0.25, -0.2) is 24.0 Å². The van der Waals surface area contributed by atoms with E-state index < -0.39 is 11.9 Å². The highest BCUT2D eigenvalue weighted by Crippen LogP contribution is 2.39. The summed E-state index contributed by atoms with van der Waals surface area (Å²) in [6.45, 7) is 14.4. The van der Waals surface area contributed by atoms with E-state index in [2.05, 4.69) is 63.3 Å². The van der Waals surface area contributed by atoms with Crippen molar-refractivity contribution >= 4 is 85.0 Å². The van der Waals surface area contributed by atoms with Crippen LogP contribution in [-0.2, 0) is 21.3 Å². The molecule has 1 fully saturated rings. The molecule has 0 radical (unpaired) electrons. The van der Waals surface area contributed by atoms with E-state index in [1.54, 1.807) is 114 Å². The Balaban J connectivity index is 0.000000152. The maximum absolute atomic E-state index is 14.8. The van der Waals surface area contributed by atoms with Crippen LogP contribution >= 0.6 is 0 Å². The number of benzene rings is 7. The number of nitrogens with one attached hydrogen (secondary N) is 1. The molecule has 29 heteroatoms. The largest absolute Gasteiger partial charge is 0.497 e. The van der Waals surface area contributed by atoms with Gasteiger partial charge in [-0.2, -0.15) is 15.3 Å². The first-order valence-corrected chi connectivity index (χ1v) is 38.0. The number of fused-ring (bicyclic) bond motifs is 4. The molecule has 13 aromatic rings. The third-order valence-electron chi connectivity index (χ3n) is 19.2. The number of rotatable bonds is 28. The van der Waals surface area contributed by atoms with E-state index in [-0.39, 0.29) is 55.7 Å². The van der Waals surface area contributed by atoms with Gasteiger partial charge in [-0.05, 0) is 120 Å². The number of esters is 1. The molecule has 115 heavy (non-hydrogen) atoms. The van der Waals surface area contributed by atoms with Crippen molar-refractivity contribution in [1.29, 1.82) is 0 Å². The second-order valence-electron chi connectivity index (χ2n) is 27.9. The van der Waals surface area contributed by atoms with Crippen LogP contribution in [0.25, 0.3) is 66.9 Å². The predicted molar refractivity (Wildman–Crippen MR) is 438 cm³/mol. The average Bonchev–Trinajstić information content (AvgIpc) is 1.65. The lowest BCUT2D eigenvalue weighted by Crippen LogP contribution is -2.38. The molecule has 0 aliphatic carbocycles. The van der Waals surface area contributed by atoms with Gasteiger partial charge in [0.2, 0.25) is 0 Å². The quantitative estimate of drug-likeness (QED) is 0.0340. The summed E-state index contributed by atoms with van der Waals surface area (Å²) in [5, 5.41) is 27.3. The minimum Gasteiger partial charge on any atom is -0.497 e. The van der Waals surface area contributed by atoms with Crippen molar-refractivity contribution in [2.45, 2.75) is 85.2 Å². The number of imide groups is 1. The van der Waals surface area contributed by atoms with Gasteiger partial charge in [0.15, 0.2) is 0 Å². The van der Waals surface area contributed by atoms with Crippen LogP contribution in [0.2, 0.25) is 0 Å². The number of hydrogen-bond acceptors (Lipinski definition) is 24. The fraction of sp³-hybridized carbons (Fsp3) is 0.302. The lowest BCUT2D eigenvalue weighted by Gasteiger charge is -2.29. The van der Waals surface area contributed by atoms with Crippen LogP contribution in [0.3, 0.4) is 0 Å². The summed E-state index contributed by atoms with van der Waals surface area (Å²) in [6.07, 6.45) is 18.7. The van der Waals surface area contributed by atoms with E-state index >= 15 is 0 Å². The molecular weight excluding hydrogens is 1470 g/mol. The number of halogens is 1. The summed E-state index contributed by atoms with van der Waals surface area (Å²) in [6, 6.07) is 40.1. The Morgan fingerprint density at radius 2 is 1.07 bits per heavy atom. The number of ether oxygens (including phenoxy) is 7. The summed E-state index contributed by atoms with van der Waals surface area (Å²) in [5.41, 5.74) is 14.1. The molecule has 1 unspecified atom stereocenters. The van der Waals surface area contributed by atoms with Gasteiger partial charge in [0.05, 0.1) is 153 Å². The van der Waals surface area contributed by atoms with Crippen LogP contribution in [0.5, 0.6) is 28.7 Å². The second kappa shape index (κ2) is 36.7. The maximum Gasteiger partial charge on any atom is 0.325 e. The van der Waals surface area contributed by atoms with Crippen LogP contribution in [0.4, 0.5) is 38.5 Å². The van der Waals surface area contributed by atoms with Gasteiger partial charge in [-0.1, -0.05) is 26.0 Å². The van der Waals surface area contributed by atoms with Gasteiger partial charge >= 0.3 is 5.97 Å². The molecule has 7 aromatic carbocycles. The highest BCUT2D eigenvalue weighted by atomic mass is 19.1. The average molecular weight is 1560 g/mol. The summed E-state index contributed by atoms with van der Waals surface area (Å²) in [7, 11) is 8.28. The normalized spacial score (nSPS) is 13.5. The Morgan fingerprint density at radius 1 is 0.565 bits per heavy atom. The van der Waals surface area contributed by atoms with Crippen molar-refractivity contribution in [2.75, 3.05) is 95.7 Å². The number of aliphatic hydroxyl groups is 1. The number of methoxy groups -OCH3 is 4. The molecule has 2 N–H and O–H groups in total. The fourth-order valence-electron chi connectivity index (χ4n) is 13.4. The Bertz CT molecular complexity index is 5510. The molecular formula is C86H92FN17O11. The number of carbonyl (C=O) groups is 3. The summed E-state index contributed by atoms with van der Waals surface area (Å²) < 4.78 is 58.9. The molecule has 6 aromatic heterocycles. The zero-order chi connectivity index (χ0) is 80.8. The first-order valence-electron chi connectivity index (χ1n) is 38.0. The molecule has 594 valence electrons. The van der Waals surface area contributed by atoms with Crippen molar-refractivity contribution in [1.82, 2.24) is 69.5 Å². The van der Waals surface area contributed by atoms with Crippen LogP contribution in [0.15, 0.2) is 189 Å². The van der Waals surface area contributed by atoms with Crippen LogP contribution < -0.4 is 43.7 Å². The number of carbonyl (C=O) groups excluding carboxylic acids is 3. The standard InChI is InChI=1S/C34H31FN6O4.C26H32N6O3.C26H29N5O4/c1-2-44-26-16-23(35)15-25(17-26)39(12-13-40-33(42)27-7-3-4-8-28(27)34(40)43)24-10-11-29-30(18-24)38-31(20-36-29)22-19-37-41(21-22)32-9-5-6-14-45-32;1-17(2)27-13-21(33)16-32(20-8-22(34-4)11-23(9-20)35-5)19-6-7-24-25(10-19)30-26(14-28-24)18-12-29-31(3)15-18;1-6-35-26(32)16-30(20-9-21(33-4)12-22(10-20)34-5)19-7-8-23-24(11-19)29-25(14-27-23)18-13-28-31(15-18)17(2)3/h3-4,7-8,10-11,15-21,32H,2,5-6,9,12-14H2,1H3;6-12,14-15,17,21,27,33H,13,16H2,1-5H3;7-15,17H,6,16H2,1-5H3/t;21-;/m.0./s1. The summed E-state index contributed by atoms with van der Waals surface area (Å²) >= 11 is 0. The molecule has 0 bridgehead atoms. The number of amides is 2. The maximum atomic E-state index is 14.8. The number of nitrogens with zero attached hydrogens (tertiary/aromatic N) is 16. The van der Waals surface area contributed by atoms with E-state index in [0.29, 0.717) is 99.8 Å². The summed E-state index contributed by atoms with van der Waals surface area (Å²) in [4.78, 5) is 74.0. The third kappa shape index (κ3) is 19.2. The van der Waals surface area contributed by atoms with E-state index in [4.69, 9.17) is 48.1 Å². The SMILES string of the molecule is CCOC(=O)CN(c1cc(OC)cc(OC)c1)c1ccc2ncc(-c3cnn(C(C)C)c3)nc2c1.CCOc1cc(F)cc(N(CCN2C(=O)c3ccccc3C2=O)c2ccc3ncc(-c4cnn(C5CCCCO5)c4)nc3c2)c1.COc1cc(OC)cc(N(C[C@@H](O)CNC(C)C)c2ccc3ncc(-c4cnn(C)c4)nc3c2)c1. The van der Waals surface area contributed by atoms with E-state index in [1.807, 2.05) is 142 Å². The molecule has 1 saturated heterocycles. The molecule has 28 nitrogen and oxygen atoms in total. The molecule has 0 saturated carbocycles. The van der Waals surface area contributed by atoms with Gasteiger partial charge in [-0.3, -0.25) is 43.6 Å². The lowest BCUT2D eigenvalue weighted by atomic mass is 10.1. The van der Waals surface area contributed by atoms with E-state index in [9.17, 15) is 23.9 Å². The molecule has 15 rings (SSSR count). The van der Waals surface area contributed by atoms with Gasteiger partial charge < -0.3 is 58.3 Å². The molecule has 2 aliphatic rings. The van der Waals surface area contributed by atoms with Crippen molar-refractivity contribution in [3.8, 4) is 62.5 Å². The first kappa shape index (κ1) is 80.1. The number of anilines is 6. The van der Waals surface area contributed by atoms with Gasteiger partial charge in [0.1, 0.15) is 47.3 Å². The Hall–Kier alpha value is -13.0. The molecule has 2 aliphatic heterocycles. The zero-order valence-electron chi connectivity index (χ0n) is 66.0. The minimum atomic E-state index is -0.613. The fourth-order valence-corrected chi connectivity index (χ4v) is 13.4. The van der Waals surface area contributed by atoms with Crippen molar-refractivity contribution in [3.05, 3.63) is 206 Å². The van der Waals surface area contributed by atoms with Gasteiger partial charge in [-0.15, -0.1) is 0 Å². The highest BCUT2D eigenvalue weighted by molar-refractivity contribution is 6.21. The lowest BCUT2D eigenvalue weighted by molar-refractivity contribution is -0.141. The first-order chi connectivity index (χ1) is 55.7. The third-order valence-corrected chi connectivity index (χ3v) is 19.2. The highest BCUT2D eigenvalue weighted by Gasteiger charge is 2.36. The Kier molecular flexibility index (Phi) is 25.5. The molecule has 2 atom stereocenters. The monoisotopic (exact) mass is 1560 g/mol. The van der Waals surface area contributed by atoms with Crippen molar-refractivity contribution < 1.29 is 57.0 Å². The van der Waals surface area contributed by atoms with Crippen LogP contribution in [-0.4, -0.2) is 180 Å². The number of aryl methyl sites for hydroxylation is 1. The number of hydrogen-bond donors (Lipinski definition) is 2. The number of aromatic nitrogens is 12. The Morgan fingerprint density at radius 3 is 1.57 bits per heavy atom. The Labute approximate surface area is 665 Å². The van der Waals surface area contributed by atoms with Gasteiger partial charge in [0.25, 0.3) is 11.8 Å². The number of aliphatic hydroxyl groups excluding tert-OH is 1. The summed E-state index contributed by atoms with van der Waals surface area (Å²) in [5.74, 6) is 1.41. The molecule has 0 spiro atoms. The zero-order valence-corrected chi connectivity index (χ0v) is 66.0. The van der Waals surface area contributed by atoms with Crippen LogP contribution in [0.1, 0.15) is 93.8 Å². The molecule has 8 heterocycles. The van der Waals surface area contributed by atoms with Crippen molar-refractivity contribution in [3.63, 3.8) is 0 Å². The molecule has 2 amide bonds. The van der Waals surface area contributed by atoms with E-state index in [0.717, 1.165) is 93.2 Å². The van der Waals surface area contributed by atoms with E-state index in [1.165, 1.54) is 17.0 Å². The predicted octanol–water partition coefficient (Wildman–Crippen LogP) is 14.5.